The molecule has 0 atom stereocenters. The van der Waals surface area contributed by atoms with Crippen molar-refractivity contribution in [3.8, 4) is 5.75 Å². The second-order valence-electron chi connectivity index (χ2n) is 6.96. The highest BCUT2D eigenvalue weighted by molar-refractivity contribution is 5.74. The zero-order chi connectivity index (χ0) is 20.7. The monoisotopic (exact) mass is 407 g/mol. The average molecular weight is 407 g/mol. The van der Waals surface area contributed by atoms with Gasteiger partial charge >= 0.3 is 12.4 Å². The lowest BCUT2D eigenvalue weighted by Gasteiger charge is -2.22. The normalized spacial score (nSPS) is 15.6. The molecule has 2 aromatic carbocycles. The maximum absolute atomic E-state index is 12.5. The number of rotatable bonds is 5. The van der Waals surface area contributed by atoms with Crippen molar-refractivity contribution < 1.29 is 22.7 Å². The van der Waals surface area contributed by atoms with Crippen molar-refractivity contribution in [1.82, 2.24) is 15.1 Å². The van der Waals surface area contributed by atoms with E-state index >= 15 is 0 Å². The summed E-state index contributed by atoms with van der Waals surface area (Å²) in [5.74, 6) is -0.296. The van der Waals surface area contributed by atoms with Crippen LogP contribution in [0.5, 0.6) is 5.75 Å². The zero-order valence-corrected chi connectivity index (χ0v) is 16.0. The Hall–Kier alpha value is -2.74. The number of carbonyl (C=O) groups is 1. The molecule has 0 spiro atoms. The summed E-state index contributed by atoms with van der Waals surface area (Å²) in [6.07, 6.45) is -3.87. The van der Waals surface area contributed by atoms with Crippen LogP contribution in [-0.4, -0.2) is 48.4 Å². The Balaban J connectivity index is 1.48. The number of hydrogen-bond donors (Lipinski definition) is 1. The predicted molar refractivity (Wildman–Crippen MR) is 103 cm³/mol. The summed E-state index contributed by atoms with van der Waals surface area (Å²) in [6.45, 7) is 3.93. The summed E-state index contributed by atoms with van der Waals surface area (Å²) in [6, 6.07) is 15.6. The molecule has 0 radical (unpaired) electrons. The number of halogens is 3. The van der Waals surface area contributed by atoms with Crippen molar-refractivity contribution in [3.63, 3.8) is 0 Å². The third-order valence-corrected chi connectivity index (χ3v) is 4.70. The number of alkyl halides is 3. The molecule has 29 heavy (non-hydrogen) atoms. The highest BCUT2D eigenvalue weighted by Gasteiger charge is 2.31. The van der Waals surface area contributed by atoms with E-state index in [1.165, 1.54) is 23.8 Å². The molecule has 3 rings (SSSR count). The van der Waals surface area contributed by atoms with Gasteiger partial charge in [-0.2, -0.15) is 0 Å². The maximum Gasteiger partial charge on any atom is 0.573 e. The molecule has 8 heteroatoms. The molecule has 0 aliphatic carbocycles. The van der Waals surface area contributed by atoms with Gasteiger partial charge in [-0.3, -0.25) is 4.90 Å². The topological polar surface area (TPSA) is 44.8 Å². The second kappa shape index (κ2) is 9.65. The number of amides is 2. The molecule has 1 aliphatic rings. The summed E-state index contributed by atoms with van der Waals surface area (Å²) < 4.78 is 40.9. The number of nitrogens with one attached hydrogen (secondary N) is 1. The number of ether oxygens (including phenoxy) is 1. The fourth-order valence-electron chi connectivity index (χ4n) is 3.32. The van der Waals surface area contributed by atoms with E-state index in [0.717, 1.165) is 26.1 Å². The Kier molecular flexibility index (Phi) is 6.98. The van der Waals surface area contributed by atoms with Gasteiger partial charge in [-0.1, -0.05) is 42.5 Å². The maximum atomic E-state index is 12.5. The Labute approximate surface area is 168 Å². The van der Waals surface area contributed by atoms with Gasteiger partial charge in [-0.05, 0) is 29.7 Å². The van der Waals surface area contributed by atoms with Crippen LogP contribution in [0.15, 0.2) is 54.6 Å². The van der Waals surface area contributed by atoms with Crippen molar-refractivity contribution in [2.24, 2.45) is 0 Å². The van der Waals surface area contributed by atoms with Gasteiger partial charge in [0.15, 0.2) is 0 Å². The van der Waals surface area contributed by atoms with Crippen LogP contribution in [0.3, 0.4) is 0 Å². The van der Waals surface area contributed by atoms with Crippen LogP contribution in [0.2, 0.25) is 0 Å². The standard InChI is InChI=1S/C21H24F3N3O2/c22-21(23,24)29-19-9-4-8-18(14-19)15-25-20(28)27-11-5-10-26(12-13-27)16-17-6-2-1-3-7-17/h1-4,6-9,14H,5,10-13,15-16H2,(H,25,28). The average Bonchev–Trinajstić information content (AvgIpc) is 2.91. The van der Waals surface area contributed by atoms with E-state index in [1.807, 2.05) is 18.2 Å². The first kappa shape index (κ1) is 21.0. The number of urea groups is 1. The Bertz CT molecular complexity index is 799. The van der Waals surface area contributed by atoms with E-state index in [2.05, 4.69) is 27.1 Å². The second-order valence-corrected chi connectivity index (χ2v) is 6.96. The number of hydrogen-bond acceptors (Lipinski definition) is 3. The van der Waals surface area contributed by atoms with Crippen molar-refractivity contribution >= 4 is 6.03 Å². The van der Waals surface area contributed by atoms with E-state index in [1.54, 1.807) is 11.0 Å². The van der Waals surface area contributed by atoms with Gasteiger partial charge in [-0.25, -0.2) is 4.79 Å². The lowest BCUT2D eigenvalue weighted by Crippen LogP contribution is -2.41. The van der Waals surface area contributed by atoms with E-state index in [9.17, 15) is 18.0 Å². The third-order valence-electron chi connectivity index (χ3n) is 4.70. The van der Waals surface area contributed by atoms with Crippen LogP contribution in [-0.2, 0) is 13.1 Å². The van der Waals surface area contributed by atoms with Gasteiger partial charge in [0, 0.05) is 39.3 Å². The molecule has 1 N–H and O–H groups in total. The van der Waals surface area contributed by atoms with Crippen molar-refractivity contribution in [3.05, 3.63) is 65.7 Å². The largest absolute Gasteiger partial charge is 0.573 e. The molecule has 1 heterocycles. The Morgan fingerprint density at radius 2 is 1.72 bits per heavy atom. The van der Waals surface area contributed by atoms with Crippen LogP contribution < -0.4 is 10.1 Å². The molecule has 2 amide bonds. The minimum absolute atomic E-state index is 0.137. The highest BCUT2D eigenvalue weighted by atomic mass is 19.4. The molecular weight excluding hydrogens is 383 g/mol. The third kappa shape index (κ3) is 6.98. The van der Waals surface area contributed by atoms with Crippen LogP contribution in [0.1, 0.15) is 17.5 Å². The van der Waals surface area contributed by atoms with Gasteiger partial charge in [0.05, 0.1) is 0 Å². The molecule has 0 bridgehead atoms. The molecule has 1 aliphatic heterocycles. The van der Waals surface area contributed by atoms with Gasteiger partial charge in [0.2, 0.25) is 0 Å². The first-order chi connectivity index (χ1) is 13.9. The van der Waals surface area contributed by atoms with Gasteiger partial charge < -0.3 is 15.0 Å². The molecule has 1 fully saturated rings. The van der Waals surface area contributed by atoms with Crippen LogP contribution in [0.4, 0.5) is 18.0 Å². The molecule has 156 valence electrons. The molecule has 2 aromatic rings. The first-order valence-electron chi connectivity index (χ1n) is 9.53. The van der Waals surface area contributed by atoms with E-state index in [4.69, 9.17) is 0 Å². The van der Waals surface area contributed by atoms with Crippen molar-refractivity contribution in [2.75, 3.05) is 26.2 Å². The van der Waals surface area contributed by atoms with Crippen LogP contribution >= 0.6 is 0 Å². The molecule has 1 saturated heterocycles. The van der Waals surface area contributed by atoms with Gasteiger partial charge in [0.25, 0.3) is 0 Å². The summed E-state index contributed by atoms with van der Waals surface area (Å²) in [4.78, 5) is 16.6. The lowest BCUT2D eigenvalue weighted by molar-refractivity contribution is -0.274. The Morgan fingerprint density at radius 3 is 2.48 bits per heavy atom. The van der Waals surface area contributed by atoms with Crippen LogP contribution in [0, 0.1) is 0 Å². The van der Waals surface area contributed by atoms with Crippen molar-refractivity contribution in [2.45, 2.75) is 25.9 Å². The first-order valence-corrected chi connectivity index (χ1v) is 9.53. The number of benzene rings is 2. The van der Waals surface area contributed by atoms with Gasteiger partial charge in [-0.15, -0.1) is 13.2 Å². The van der Waals surface area contributed by atoms with Crippen molar-refractivity contribution in [1.29, 1.82) is 0 Å². The SMILES string of the molecule is O=C(NCc1cccc(OC(F)(F)F)c1)N1CCCN(Cc2ccccc2)CC1. The highest BCUT2D eigenvalue weighted by Crippen LogP contribution is 2.23. The number of carbonyl (C=O) groups excluding carboxylic acids is 1. The summed E-state index contributed by atoms with van der Waals surface area (Å²) >= 11 is 0. The molecular formula is C21H24F3N3O2. The Morgan fingerprint density at radius 1 is 0.966 bits per heavy atom. The quantitative estimate of drug-likeness (QED) is 0.815. The molecule has 0 aromatic heterocycles. The van der Waals surface area contributed by atoms with E-state index < -0.39 is 6.36 Å². The van der Waals surface area contributed by atoms with Crippen LogP contribution in [0.25, 0.3) is 0 Å². The molecule has 0 saturated carbocycles. The zero-order valence-electron chi connectivity index (χ0n) is 16.0. The minimum Gasteiger partial charge on any atom is -0.406 e. The molecule has 0 unspecified atom stereocenters. The predicted octanol–water partition coefficient (Wildman–Crippen LogP) is 4.00. The summed E-state index contributed by atoms with van der Waals surface area (Å²) in [7, 11) is 0. The fraction of sp³-hybridized carbons (Fsp3) is 0.381. The summed E-state index contributed by atoms with van der Waals surface area (Å²) in [5, 5.41) is 2.78. The van der Waals surface area contributed by atoms with Gasteiger partial charge in [0.1, 0.15) is 5.75 Å². The van der Waals surface area contributed by atoms with E-state index in [-0.39, 0.29) is 18.3 Å². The summed E-state index contributed by atoms with van der Waals surface area (Å²) in [5.41, 5.74) is 1.78. The number of nitrogens with zero attached hydrogens (tertiary/aromatic N) is 2. The van der Waals surface area contributed by atoms with E-state index in [0.29, 0.717) is 18.7 Å². The molecule has 5 nitrogen and oxygen atoms in total. The minimum atomic E-state index is -4.74. The lowest BCUT2D eigenvalue weighted by atomic mass is 10.2. The fourth-order valence-corrected chi connectivity index (χ4v) is 3.32. The smallest absolute Gasteiger partial charge is 0.406 e.